The normalized spacial score (nSPS) is 39.6. The topological polar surface area (TPSA) is 114 Å². The van der Waals surface area contributed by atoms with Crippen molar-refractivity contribution in [2.45, 2.75) is 31.4 Å². The van der Waals surface area contributed by atoms with Crippen LogP contribution in [0.25, 0.3) is 0 Å². The Bertz CT molecular complexity index is 391. The second-order valence-corrected chi connectivity index (χ2v) is 4.93. The van der Waals surface area contributed by atoms with Crippen LogP contribution in [-0.4, -0.2) is 60.3 Å². The van der Waals surface area contributed by atoms with Crippen molar-refractivity contribution in [1.29, 1.82) is 0 Å². The number of aliphatic hydroxyl groups excluding tert-OH is 1. The van der Waals surface area contributed by atoms with Crippen LogP contribution < -0.4 is 11.1 Å². The highest BCUT2D eigenvalue weighted by Gasteiger charge is 2.53. The Balaban J connectivity index is 2.22. The molecule has 2 saturated heterocycles. The van der Waals surface area contributed by atoms with E-state index >= 15 is 0 Å². The summed E-state index contributed by atoms with van der Waals surface area (Å²) >= 11 is 0. The monoisotopic (exact) mass is 273 g/mol. The fourth-order valence-corrected chi connectivity index (χ4v) is 2.42. The summed E-state index contributed by atoms with van der Waals surface area (Å²) in [4.78, 5) is 24.7. The van der Waals surface area contributed by atoms with E-state index in [0.717, 1.165) is 0 Å². The molecule has 0 saturated carbocycles. The Morgan fingerprint density at radius 1 is 1.63 bits per heavy atom. The van der Waals surface area contributed by atoms with Crippen molar-refractivity contribution in [3.8, 4) is 0 Å². The minimum absolute atomic E-state index is 0.184. The molecular weight excluding hydrogens is 254 g/mol. The summed E-state index contributed by atoms with van der Waals surface area (Å²) in [5.74, 6) is -2.02. The summed E-state index contributed by atoms with van der Waals surface area (Å²) < 4.78 is 10.9. The number of carbonyl (C=O) groups excluding carboxylic acids is 2. The molecule has 2 aliphatic heterocycles. The number of rotatable bonds is 3. The third kappa shape index (κ3) is 2.32. The Morgan fingerprint density at radius 2 is 2.32 bits per heavy atom. The van der Waals surface area contributed by atoms with Gasteiger partial charge in [0, 0.05) is 26.1 Å². The van der Waals surface area contributed by atoms with Crippen molar-refractivity contribution in [1.82, 2.24) is 10.2 Å². The van der Waals surface area contributed by atoms with Gasteiger partial charge in [-0.15, -0.1) is 0 Å². The number of amides is 3. The number of hydrogen-bond acceptors (Lipinski definition) is 6. The highest BCUT2D eigenvalue weighted by atomic mass is 16.7. The van der Waals surface area contributed by atoms with Crippen molar-refractivity contribution in [2.75, 3.05) is 20.3 Å². The molecule has 4 atom stereocenters. The first-order valence-electron chi connectivity index (χ1n) is 6.15. The fourth-order valence-electron chi connectivity index (χ4n) is 2.42. The first kappa shape index (κ1) is 14.2. The minimum atomic E-state index is -1.33. The Labute approximate surface area is 110 Å². The van der Waals surface area contributed by atoms with Crippen molar-refractivity contribution in [2.24, 2.45) is 11.7 Å². The standard InChI is InChI=1S/C11H19N3O5/c1-6-4-14(10(17)13-9(6)16)11(18-2)3-7(12)8(5-15)19-11/h6-8,15H,3-5,12H2,1-2H3,(H,13,16,17)/t6?,7-,8+,11+/m0/s1. The molecule has 0 aromatic rings. The van der Waals surface area contributed by atoms with Gasteiger partial charge < -0.3 is 20.3 Å². The maximum absolute atomic E-state index is 11.9. The molecule has 108 valence electrons. The number of urea groups is 1. The second-order valence-electron chi connectivity index (χ2n) is 4.93. The van der Waals surface area contributed by atoms with E-state index in [-0.39, 0.29) is 31.4 Å². The quantitative estimate of drug-likeness (QED) is 0.581. The van der Waals surface area contributed by atoms with Gasteiger partial charge in [-0.1, -0.05) is 6.92 Å². The molecule has 4 N–H and O–H groups in total. The fraction of sp³-hybridized carbons (Fsp3) is 0.818. The molecule has 0 spiro atoms. The van der Waals surface area contributed by atoms with Gasteiger partial charge in [-0.05, 0) is 0 Å². The number of methoxy groups -OCH3 is 1. The average molecular weight is 273 g/mol. The zero-order valence-corrected chi connectivity index (χ0v) is 11.0. The van der Waals surface area contributed by atoms with E-state index in [2.05, 4.69) is 5.32 Å². The van der Waals surface area contributed by atoms with Crippen LogP contribution >= 0.6 is 0 Å². The van der Waals surface area contributed by atoms with Crippen LogP contribution in [0.2, 0.25) is 0 Å². The van der Waals surface area contributed by atoms with Crippen molar-refractivity contribution in [3.63, 3.8) is 0 Å². The van der Waals surface area contributed by atoms with Gasteiger partial charge in [0.25, 0.3) is 5.91 Å². The number of aliphatic hydroxyl groups is 1. The molecule has 2 fully saturated rings. The maximum Gasteiger partial charge on any atom is 0.328 e. The number of hydrogen-bond donors (Lipinski definition) is 3. The lowest BCUT2D eigenvalue weighted by atomic mass is 10.1. The number of nitrogens with zero attached hydrogens (tertiary/aromatic N) is 1. The number of nitrogens with one attached hydrogen (secondary N) is 1. The van der Waals surface area contributed by atoms with Crippen LogP contribution in [0, 0.1) is 5.92 Å². The van der Waals surface area contributed by atoms with Crippen molar-refractivity contribution < 1.29 is 24.2 Å². The Hall–Kier alpha value is -1.22. The van der Waals surface area contributed by atoms with Gasteiger partial charge in [-0.3, -0.25) is 15.0 Å². The molecular formula is C11H19N3O5. The largest absolute Gasteiger partial charge is 0.394 e. The van der Waals surface area contributed by atoms with E-state index in [1.807, 2.05) is 0 Å². The van der Waals surface area contributed by atoms with Crippen molar-refractivity contribution in [3.05, 3.63) is 0 Å². The summed E-state index contributed by atoms with van der Waals surface area (Å²) in [5, 5.41) is 11.4. The first-order chi connectivity index (χ1) is 8.93. The van der Waals surface area contributed by atoms with E-state index in [4.69, 9.17) is 15.2 Å². The van der Waals surface area contributed by atoms with Gasteiger partial charge in [0.05, 0.1) is 12.5 Å². The molecule has 8 nitrogen and oxygen atoms in total. The van der Waals surface area contributed by atoms with E-state index in [1.165, 1.54) is 12.0 Å². The van der Waals surface area contributed by atoms with Crippen LogP contribution in [0.15, 0.2) is 0 Å². The lowest BCUT2D eigenvalue weighted by Gasteiger charge is -2.42. The number of nitrogens with two attached hydrogens (primary N) is 1. The summed E-state index contributed by atoms with van der Waals surface area (Å²) in [6, 6.07) is -1.01. The molecule has 8 heteroatoms. The minimum Gasteiger partial charge on any atom is -0.394 e. The third-order valence-electron chi connectivity index (χ3n) is 3.60. The molecule has 0 aromatic heterocycles. The van der Waals surface area contributed by atoms with Crippen LogP contribution in [0.4, 0.5) is 4.79 Å². The molecule has 0 radical (unpaired) electrons. The molecule has 2 aliphatic rings. The predicted molar refractivity (Wildman–Crippen MR) is 63.7 cm³/mol. The summed E-state index contributed by atoms with van der Waals surface area (Å²) in [5.41, 5.74) is 5.86. The van der Waals surface area contributed by atoms with Gasteiger partial charge in [0.1, 0.15) is 6.10 Å². The van der Waals surface area contributed by atoms with Crippen LogP contribution in [-0.2, 0) is 14.3 Å². The van der Waals surface area contributed by atoms with E-state index in [1.54, 1.807) is 6.92 Å². The Kier molecular flexibility index (Phi) is 3.77. The average Bonchev–Trinajstić information content (AvgIpc) is 2.71. The highest BCUT2D eigenvalue weighted by Crippen LogP contribution is 2.35. The van der Waals surface area contributed by atoms with Crippen molar-refractivity contribution >= 4 is 11.9 Å². The first-order valence-corrected chi connectivity index (χ1v) is 6.15. The lowest BCUT2D eigenvalue weighted by molar-refractivity contribution is -0.285. The lowest BCUT2D eigenvalue weighted by Crippen LogP contribution is -2.63. The van der Waals surface area contributed by atoms with Crippen LogP contribution in [0.1, 0.15) is 13.3 Å². The van der Waals surface area contributed by atoms with Crippen LogP contribution in [0.5, 0.6) is 0 Å². The zero-order valence-electron chi connectivity index (χ0n) is 11.0. The van der Waals surface area contributed by atoms with Crippen LogP contribution in [0.3, 0.4) is 0 Å². The molecule has 19 heavy (non-hydrogen) atoms. The van der Waals surface area contributed by atoms with Gasteiger partial charge in [0.15, 0.2) is 0 Å². The summed E-state index contributed by atoms with van der Waals surface area (Å²) in [6.07, 6.45) is -0.357. The molecule has 0 aromatic carbocycles. The number of ether oxygens (including phenoxy) is 2. The molecule has 3 amide bonds. The molecule has 0 aliphatic carbocycles. The van der Waals surface area contributed by atoms with E-state index in [9.17, 15) is 14.7 Å². The van der Waals surface area contributed by atoms with Gasteiger partial charge in [-0.2, -0.15) is 0 Å². The zero-order chi connectivity index (χ0) is 14.2. The van der Waals surface area contributed by atoms with Gasteiger partial charge in [0.2, 0.25) is 5.91 Å². The smallest absolute Gasteiger partial charge is 0.328 e. The van der Waals surface area contributed by atoms with E-state index < -0.39 is 24.1 Å². The number of carbonyl (C=O) groups is 2. The Morgan fingerprint density at radius 3 is 2.84 bits per heavy atom. The van der Waals surface area contributed by atoms with Gasteiger partial charge in [-0.25, -0.2) is 4.79 Å². The SMILES string of the molecule is CO[C@]1(N2CC(C)C(=O)NC2=O)C[C@H](N)[C@@H](CO)O1. The summed E-state index contributed by atoms with van der Waals surface area (Å²) in [7, 11) is 1.40. The molecule has 0 bridgehead atoms. The molecule has 2 heterocycles. The second kappa shape index (κ2) is 5.04. The highest BCUT2D eigenvalue weighted by molar-refractivity contribution is 5.98. The number of imide groups is 1. The molecule has 2 rings (SSSR count). The van der Waals surface area contributed by atoms with E-state index in [0.29, 0.717) is 0 Å². The maximum atomic E-state index is 11.9. The third-order valence-corrected chi connectivity index (χ3v) is 3.60. The predicted octanol–water partition coefficient (Wildman–Crippen LogP) is -1.42. The molecule has 1 unspecified atom stereocenters. The van der Waals surface area contributed by atoms with Gasteiger partial charge >= 0.3 is 6.03 Å². The summed E-state index contributed by atoms with van der Waals surface area (Å²) in [6.45, 7) is 1.64.